The molecule has 0 saturated heterocycles. The summed E-state index contributed by atoms with van der Waals surface area (Å²) in [6.45, 7) is 0. The number of benzene rings is 2. The van der Waals surface area contributed by atoms with E-state index < -0.39 is 0 Å². The van der Waals surface area contributed by atoms with Gasteiger partial charge in [0, 0.05) is 11.1 Å². The summed E-state index contributed by atoms with van der Waals surface area (Å²) in [4.78, 5) is 0. The first-order valence-corrected chi connectivity index (χ1v) is 6.02. The Kier molecular flexibility index (Phi) is 3.20. The minimum Gasteiger partial charge on any atom is -0.409 e. The molecular formula is C14H11N5O. The standard InChI is InChI=1S/C14H11N5O/c20-16-14(12-9-5-2-6-10-12)19-13(15-17-18-19)11-7-3-1-4-8-11/h1-10,20H/b16-14+. The van der Waals surface area contributed by atoms with Gasteiger partial charge in [-0.2, -0.15) is 4.68 Å². The lowest BCUT2D eigenvalue weighted by atomic mass is 10.2. The molecule has 0 aliphatic rings. The number of nitrogens with zero attached hydrogens (tertiary/aromatic N) is 5. The molecule has 0 atom stereocenters. The molecule has 0 aliphatic carbocycles. The highest BCUT2D eigenvalue weighted by Crippen LogP contribution is 2.16. The fourth-order valence-electron chi connectivity index (χ4n) is 1.91. The number of oxime groups is 1. The Balaban J connectivity index is 2.10. The maximum atomic E-state index is 9.29. The van der Waals surface area contributed by atoms with Gasteiger partial charge in [0.15, 0.2) is 5.82 Å². The Morgan fingerprint density at radius 3 is 2.25 bits per heavy atom. The lowest BCUT2D eigenvalue weighted by Gasteiger charge is -2.06. The van der Waals surface area contributed by atoms with Gasteiger partial charge in [0.05, 0.1) is 0 Å². The van der Waals surface area contributed by atoms with Crippen molar-refractivity contribution in [2.45, 2.75) is 0 Å². The van der Waals surface area contributed by atoms with Gasteiger partial charge >= 0.3 is 0 Å². The number of hydrogen-bond acceptors (Lipinski definition) is 5. The van der Waals surface area contributed by atoms with Crippen LogP contribution in [0.3, 0.4) is 0 Å². The van der Waals surface area contributed by atoms with Crippen LogP contribution in [0.15, 0.2) is 65.8 Å². The predicted molar refractivity (Wildman–Crippen MR) is 73.4 cm³/mol. The number of rotatable bonds is 2. The minimum absolute atomic E-state index is 0.273. The summed E-state index contributed by atoms with van der Waals surface area (Å²) in [5.41, 5.74) is 1.56. The average molecular weight is 265 g/mol. The summed E-state index contributed by atoms with van der Waals surface area (Å²) in [5.74, 6) is 0.789. The molecule has 0 fully saturated rings. The molecule has 1 aromatic heterocycles. The van der Waals surface area contributed by atoms with Crippen LogP contribution in [0.4, 0.5) is 0 Å². The Morgan fingerprint density at radius 1 is 0.950 bits per heavy atom. The Bertz CT molecular complexity index is 722. The molecule has 0 saturated carbocycles. The summed E-state index contributed by atoms with van der Waals surface area (Å²) in [6.07, 6.45) is 0. The largest absolute Gasteiger partial charge is 0.409 e. The van der Waals surface area contributed by atoms with Crippen molar-refractivity contribution in [3.05, 3.63) is 66.2 Å². The van der Waals surface area contributed by atoms with Gasteiger partial charge in [0.25, 0.3) is 0 Å². The molecule has 1 N–H and O–H groups in total. The molecule has 3 aromatic rings. The molecule has 3 rings (SSSR count). The van der Waals surface area contributed by atoms with Crippen LogP contribution in [0, 0.1) is 0 Å². The number of aromatic nitrogens is 4. The molecule has 0 bridgehead atoms. The zero-order valence-electron chi connectivity index (χ0n) is 10.5. The molecule has 6 nitrogen and oxygen atoms in total. The molecule has 0 spiro atoms. The molecule has 6 heteroatoms. The number of tetrazole rings is 1. The second kappa shape index (κ2) is 5.31. The fourth-order valence-corrected chi connectivity index (χ4v) is 1.91. The molecule has 1 heterocycles. The molecule has 0 unspecified atom stereocenters. The maximum Gasteiger partial charge on any atom is 0.203 e. The van der Waals surface area contributed by atoms with Gasteiger partial charge in [-0.3, -0.25) is 0 Å². The van der Waals surface area contributed by atoms with Crippen LogP contribution in [0.2, 0.25) is 0 Å². The Morgan fingerprint density at radius 2 is 1.60 bits per heavy atom. The van der Waals surface area contributed by atoms with Crippen molar-refractivity contribution in [1.82, 2.24) is 20.2 Å². The summed E-state index contributed by atoms with van der Waals surface area (Å²) in [6, 6.07) is 18.7. The van der Waals surface area contributed by atoms with Crippen molar-refractivity contribution >= 4 is 5.84 Å². The van der Waals surface area contributed by atoms with Crippen LogP contribution >= 0.6 is 0 Å². The van der Waals surface area contributed by atoms with Gasteiger partial charge in [0.1, 0.15) is 0 Å². The lowest BCUT2D eigenvalue weighted by Crippen LogP contribution is -2.16. The summed E-state index contributed by atoms with van der Waals surface area (Å²) in [5, 5.41) is 24.2. The second-order valence-corrected chi connectivity index (χ2v) is 4.07. The fraction of sp³-hybridized carbons (Fsp3) is 0. The highest BCUT2D eigenvalue weighted by atomic mass is 16.4. The molecule has 2 aromatic carbocycles. The highest BCUT2D eigenvalue weighted by molar-refractivity contribution is 6.00. The smallest absolute Gasteiger partial charge is 0.203 e. The zero-order chi connectivity index (χ0) is 13.8. The van der Waals surface area contributed by atoms with Crippen molar-refractivity contribution in [3.63, 3.8) is 0 Å². The maximum absolute atomic E-state index is 9.29. The Hall–Kier alpha value is -3.02. The molecule has 0 aliphatic heterocycles. The van der Waals surface area contributed by atoms with Gasteiger partial charge in [-0.25, -0.2) is 0 Å². The first-order valence-electron chi connectivity index (χ1n) is 6.02. The minimum atomic E-state index is 0.273. The van der Waals surface area contributed by atoms with Crippen LogP contribution in [0.5, 0.6) is 0 Å². The van der Waals surface area contributed by atoms with Crippen LogP contribution in [0.1, 0.15) is 5.56 Å². The van der Waals surface area contributed by atoms with Crippen LogP contribution in [-0.4, -0.2) is 31.3 Å². The molecule has 0 radical (unpaired) electrons. The Labute approximate surface area is 115 Å². The van der Waals surface area contributed by atoms with E-state index in [1.165, 1.54) is 4.68 Å². The predicted octanol–water partition coefficient (Wildman–Crippen LogP) is 2.02. The topological polar surface area (TPSA) is 76.2 Å². The van der Waals surface area contributed by atoms with E-state index in [2.05, 4.69) is 20.7 Å². The van der Waals surface area contributed by atoms with E-state index in [1.54, 1.807) is 0 Å². The van der Waals surface area contributed by atoms with Crippen LogP contribution in [0.25, 0.3) is 11.4 Å². The van der Waals surface area contributed by atoms with E-state index >= 15 is 0 Å². The lowest BCUT2D eigenvalue weighted by molar-refractivity contribution is 0.316. The van der Waals surface area contributed by atoms with Gasteiger partial charge in [-0.05, 0) is 10.4 Å². The molecule has 20 heavy (non-hydrogen) atoms. The van der Waals surface area contributed by atoms with E-state index in [9.17, 15) is 5.21 Å². The van der Waals surface area contributed by atoms with E-state index in [4.69, 9.17) is 0 Å². The van der Waals surface area contributed by atoms with Crippen molar-refractivity contribution in [2.24, 2.45) is 5.16 Å². The summed E-state index contributed by atoms with van der Waals surface area (Å²) >= 11 is 0. The van der Waals surface area contributed by atoms with E-state index in [0.717, 1.165) is 11.1 Å². The van der Waals surface area contributed by atoms with Crippen LogP contribution < -0.4 is 0 Å². The van der Waals surface area contributed by atoms with Crippen molar-refractivity contribution in [1.29, 1.82) is 0 Å². The first-order chi connectivity index (χ1) is 9.90. The number of hydrogen-bond donors (Lipinski definition) is 1. The van der Waals surface area contributed by atoms with Crippen LogP contribution in [-0.2, 0) is 0 Å². The van der Waals surface area contributed by atoms with Crippen molar-refractivity contribution < 1.29 is 5.21 Å². The van der Waals surface area contributed by atoms with E-state index in [1.807, 2.05) is 60.7 Å². The van der Waals surface area contributed by atoms with Crippen molar-refractivity contribution in [2.75, 3.05) is 0 Å². The van der Waals surface area contributed by atoms with E-state index in [-0.39, 0.29) is 5.84 Å². The van der Waals surface area contributed by atoms with Gasteiger partial charge in [0.2, 0.25) is 5.84 Å². The zero-order valence-corrected chi connectivity index (χ0v) is 10.5. The normalized spacial score (nSPS) is 11.5. The molecule has 98 valence electrons. The summed E-state index contributed by atoms with van der Waals surface area (Å²) in [7, 11) is 0. The molecule has 0 amide bonds. The first kappa shape index (κ1) is 12.0. The van der Waals surface area contributed by atoms with Gasteiger partial charge in [-0.1, -0.05) is 65.8 Å². The SMILES string of the molecule is O/N=C(\c1ccccc1)n1nnnc1-c1ccccc1. The third kappa shape index (κ3) is 2.14. The third-order valence-electron chi connectivity index (χ3n) is 2.83. The second-order valence-electron chi connectivity index (χ2n) is 4.07. The average Bonchev–Trinajstić information content (AvgIpc) is 2.99. The highest BCUT2D eigenvalue weighted by Gasteiger charge is 2.15. The van der Waals surface area contributed by atoms with Gasteiger partial charge in [-0.15, -0.1) is 5.10 Å². The quantitative estimate of drug-likeness (QED) is 0.333. The van der Waals surface area contributed by atoms with Crippen molar-refractivity contribution in [3.8, 4) is 11.4 Å². The van der Waals surface area contributed by atoms with Gasteiger partial charge < -0.3 is 5.21 Å². The van der Waals surface area contributed by atoms with E-state index in [0.29, 0.717) is 5.82 Å². The summed E-state index contributed by atoms with van der Waals surface area (Å²) < 4.78 is 1.41. The third-order valence-corrected chi connectivity index (χ3v) is 2.83. The monoisotopic (exact) mass is 265 g/mol. The molecular weight excluding hydrogens is 254 g/mol.